The summed E-state index contributed by atoms with van der Waals surface area (Å²) in [6.45, 7) is 6.52. The molecule has 0 unspecified atom stereocenters. The van der Waals surface area contributed by atoms with Gasteiger partial charge in [-0.25, -0.2) is 4.98 Å². The molecule has 0 amide bonds. The van der Waals surface area contributed by atoms with Gasteiger partial charge in [0.05, 0.1) is 6.61 Å². The normalized spacial score (nSPS) is 14.9. The second-order valence-electron chi connectivity index (χ2n) is 7.31. The van der Waals surface area contributed by atoms with Crippen LogP contribution in [0.5, 0.6) is 5.88 Å². The number of nitrogens with zero attached hydrogens (tertiary/aromatic N) is 4. The van der Waals surface area contributed by atoms with E-state index in [-0.39, 0.29) is 24.0 Å². The van der Waals surface area contributed by atoms with Crippen LogP contribution in [-0.4, -0.2) is 80.8 Å². The van der Waals surface area contributed by atoms with E-state index < -0.39 is 0 Å². The predicted octanol–water partition coefficient (Wildman–Crippen LogP) is 3.13. The summed E-state index contributed by atoms with van der Waals surface area (Å²) >= 11 is 0. The molecule has 1 fully saturated rings. The highest BCUT2D eigenvalue weighted by Crippen LogP contribution is 2.14. The number of nitrogens with one attached hydrogen (secondary N) is 1. The number of aromatic nitrogens is 1. The van der Waals surface area contributed by atoms with Crippen molar-refractivity contribution in [2.75, 3.05) is 60.1 Å². The zero-order valence-corrected chi connectivity index (χ0v) is 21.3. The van der Waals surface area contributed by atoms with Gasteiger partial charge in [0.15, 0.2) is 5.96 Å². The molecule has 0 bridgehead atoms. The summed E-state index contributed by atoms with van der Waals surface area (Å²) in [4.78, 5) is 13.6. The van der Waals surface area contributed by atoms with Gasteiger partial charge < -0.3 is 19.7 Å². The molecule has 0 spiro atoms. The maximum Gasteiger partial charge on any atom is 0.218 e. The van der Waals surface area contributed by atoms with E-state index in [2.05, 4.69) is 61.5 Å². The van der Waals surface area contributed by atoms with Gasteiger partial charge in [0.1, 0.15) is 6.61 Å². The molecule has 8 heteroatoms. The van der Waals surface area contributed by atoms with Crippen molar-refractivity contribution in [2.24, 2.45) is 4.99 Å². The summed E-state index contributed by atoms with van der Waals surface area (Å²) in [5.41, 5.74) is 2.25. The molecule has 1 aromatic carbocycles. The van der Waals surface area contributed by atoms with Crippen LogP contribution >= 0.6 is 24.0 Å². The highest BCUT2D eigenvalue weighted by atomic mass is 127. The molecule has 0 aliphatic carbocycles. The SMILES string of the molecule is CN=C(NCc1cccnc1OCCOC)N1CCN(C/C=C/c2ccccc2)CC1.I. The average Bonchev–Trinajstić information content (AvgIpc) is 2.82. The number of hydrogen-bond donors (Lipinski definition) is 1. The standard InChI is InChI=1S/C24H33N5O2.HI/c1-25-24(27-20-22-11-6-12-26-23(22)31-19-18-30-2)29-16-14-28(15-17-29)13-7-10-21-8-4-3-5-9-21;/h3-12H,13-20H2,1-2H3,(H,25,27);1H/b10-7+;. The van der Waals surface area contributed by atoms with Crippen LogP contribution in [0.4, 0.5) is 0 Å². The van der Waals surface area contributed by atoms with Gasteiger partial charge in [-0.3, -0.25) is 9.89 Å². The lowest BCUT2D eigenvalue weighted by atomic mass is 10.2. The van der Waals surface area contributed by atoms with Crippen molar-refractivity contribution in [2.45, 2.75) is 6.54 Å². The van der Waals surface area contributed by atoms with Gasteiger partial charge in [-0.15, -0.1) is 24.0 Å². The Balaban J connectivity index is 0.00000363. The van der Waals surface area contributed by atoms with Crippen molar-refractivity contribution in [3.05, 3.63) is 65.9 Å². The molecule has 1 aliphatic heterocycles. The van der Waals surface area contributed by atoms with Crippen molar-refractivity contribution in [1.82, 2.24) is 20.1 Å². The lowest BCUT2D eigenvalue weighted by molar-refractivity contribution is 0.143. The number of rotatable bonds is 9. The number of aliphatic imine (C=N–C) groups is 1. The van der Waals surface area contributed by atoms with E-state index in [9.17, 15) is 0 Å². The number of hydrogen-bond acceptors (Lipinski definition) is 5. The third kappa shape index (κ3) is 8.40. The molecule has 1 saturated heterocycles. The summed E-state index contributed by atoms with van der Waals surface area (Å²) < 4.78 is 10.8. The Morgan fingerprint density at radius 2 is 1.88 bits per heavy atom. The molecule has 2 heterocycles. The summed E-state index contributed by atoms with van der Waals surface area (Å²) in [5, 5.41) is 3.46. The summed E-state index contributed by atoms with van der Waals surface area (Å²) in [7, 11) is 3.49. The Bertz CT molecular complexity index is 839. The number of benzene rings is 1. The van der Waals surface area contributed by atoms with Crippen LogP contribution in [0, 0.1) is 0 Å². The molecule has 7 nitrogen and oxygen atoms in total. The van der Waals surface area contributed by atoms with E-state index in [1.165, 1.54) is 5.56 Å². The lowest BCUT2D eigenvalue weighted by Gasteiger charge is -2.36. The highest BCUT2D eigenvalue weighted by molar-refractivity contribution is 14.0. The molecular weight excluding hydrogens is 517 g/mol. The van der Waals surface area contributed by atoms with Crippen molar-refractivity contribution >= 4 is 36.0 Å². The van der Waals surface area contributed by atoms with Crippen LogP contribution < -0.4 is 10.1 Å². The smallest absolute Gasteiger partial charge is 0.218 e. The summed E-state index contributed by atoms with van der Waals surface area (Å²) in [5.74, 6) is 1.55. The first-order chi connectivity index (χ1) is 15.3. The van der Waals surface area contributed by atoms with Gasteiger partial charge in [-0.1, -0.05) is 48.6 Å². The maximum absolute atomic E-state index is 5.73. The van der Waals surface area contributed by atoms with Crippen molar-refractivity contribution in [1.29, 1.82) is 0 Å². The third-order valence-corrected chi connectivity index (χ3v) is 5.17. The Kier molecular flexibility index (Phi) is 12.1. The van der Waals surface area contributed by atoms with Gasteiger partial charge >= 0.3 is 0 Å². The highest BCUT2D eigenvalue weighted by Gasteiger charge is 2.19. The van der Waals surface area contributed by atoms with Gasteiger partial charge in [-0.2, -0.15) is 0 Å². The maximum atomic E-state index is 5.73. The monoisotopic (exact) mass is 551 g/mol. The number of methoxy groups -OCH3 is 1. The minimum atomic E-state index is 0. The first kappa shape index (κ1) is 26.1. The van der Waals surface area contributed by atoms with Crippen LogP contribution in [0.25, 0.3) is 6.08 Å². The van der Waals surface area contributed by atoms with Crippen molar-refractivity contribution in [3.8, 4) is 5.88 Å². The molecule has 2 aromatic rings. The van der Waals surface area contributed by atoms with E-state index in [0.29, 0.717) is 25.6 Å². The number of halogens is 1. The van der Waals surface area contributed by atoms with E-state index in [1.54, 1.807) is 13.3 Å². The van der Waals surface area contributed by atoms with Crippen LogP contribution in [0.2, 0.25) is 0 Å². The molecule has 0 radical (unpaired) electrons. The van der Waals surface area contributed by atoms with Crippen LogP contribution in [0.1, 0.15) is 11.1 Å². The topological polar surface area (TPSA) is 62.2 Å². The molecule has 0 atom stereocenters. The molecular formula is C24H34IN5O2. The fourth-order valence-electron chi connectivity index (χ4n) is 3.46. The van der Waals surface area contributed by atoms with E-state index >= 15 is 0 Å². The van der Waals surface area contributed by atoms with Crippen LogP contribution in [0.3, 0.4) is 0 Å². The Morgan fingerprint density at radius 3 is 2.59 bits per heavy atom. The minimum absolute atomic E-state index is 0. The second-order valence-corrected chi connectivity index (χ2v) is 7.31. The predicted molar refractivity (Wildman–Crippen MR) is 141 cm³/mol. The fourth-order valence-corrected chi connectivity index (χ4v) is 3.46. The first-order valence-electron chi connectivity index (χ1n) is 10.8. The fraction of sp³-hybridized carbons (Fsp3) is 0.417. The molecule has 1 aromatic heterocycles. The van der Waals surface area contributed by atoms with Crippen molar-refractivity contribution in [3.63, 3.8) is 0 Å². The van der Waals surface area contributed by atoms with Crippen LogP contribution in [-0.2, 0) is 11.3 Å². The first-order valence-corrected chi connectivity index (χ1v) is 10.8. The van der Waals surface area contributed by atoms with E-state index in [0.717, 1.165) is 44.2 Å². The lowest BCUT2D eigenvalue weighted by Crippen LogP contribution is -2.52. The average molecular weight is 551 g/mol. The van der Waals surface area contributed by atoms with Gasteiger partial charge in [-0.05, 0) is 11.6 Å². The third-order valence-electron chi connectivity index (χ3n) is 5.17. The molecule has 1 aliphatic rings. The molecule has 174 valence electrons. The van der Waals surface area contributed by atoms with E-state index in [1.807, 2.05) is 25.2 Å². The van der Waals surface area contributed by atoms with Gasteiger partial charge in [0.2, 0.25) is 5.88 Å². The van der Waals surface area contributed by atoms with Gasteiger partial charge in [0.25, 0.3) is 0 Å². The summed E-state index contributed by atoms with van der Waals surface area (Å²) in [6.07, 6.45) is 6.17. The molecule has 32 heavy (non-hydrogen) atoms. The Morgan fingerprint density at radius 1 is 1.09 bits per heavy atom. The molecule has 0 saturated carbocycles. The number of piperazine rings is 1. The van der Waals surface area contributed by atoms with Gasteiger partial charge in [0, 0.05) is 65.2 Å². The number of pyridine rings is 1. The zero-order chi connectivity index (χ0) is 21.7. The molecule has 3 rings (SSSR count). The van der Waals surface area contributed by atoms with Crippen LogP contribution in [0.15, 0.2) is 59.7 Å². The Labute approximate surface area is 208 Å². The quantitative estimate of drug-likeness (QED) is 0.224. The largest absolute Gasteiger partial charge is 0.475 e. The second kappa shape index (κ2) is 14.8. The summed E-state index contributed by atoms with van der Waals surface area (Å²) in [6, 6.07) is 14.4. The van der Waals surface area contributed by atoms with Crippen molar-refractivity contribution < 1.29 is 9.47 Å². The minimum Gasteiger partial charge on any atom is -0.475 e. The zero-order valence-electron chi connectivity index (χ0n) is 18.9. The Hall–Kier alpha value is -2.17. The number of ether oxygens (including phenoxy) is 2. The molecule has 1 N–H and O–H groups in total. The van der Waals surface area contributed by atoms with E-state index in [4.69, 9.17) is 9.47 Å². The number of guanidine groups is 1.